The molecule has 0 radical (unpaired) electrons. The van der Waals surface area contributed by atoms with Gasteiger partial charge in [0.25, 0.3) is 0 Å². The highest BCUT2D eigenvalue weighted by Gasteiger charge is 2.19. The van der Waals surface area contributed by atoms with Crippen LogP contribution >= 0.6 is 11.8 Å². The van der Waals surface area contributed by atoms with Crippen LogP contribution in [-0.4, -0.2) is 29.3 Å². The van der Waals surface area contributed by atoms with Crippen LogP contribution in [0.15, 0.2) is 5.16 Å². The molecule has 1 aromatic rings. The van der Waals surface area contributed by atoms with Crippen LogP contribution in [0.25, 0.3) is 0 Å². The van der Waals surface area contributed by atoms with Crippen molar-refractivity contribution in [3.63, 3.8) is 0 Å². The number of hydrogen-bond donors (Lipinski definition) is 2. The first kappa shape index (κ1) is 13.2. The van der Waals surface area contributed by atoms with Crippen molar-refractivity contribution in [1.82, 2.24) is 15.3 Å². The highest BCUT2D eigenvalue weighted by molar-refractivity contribution is 7.98. The molecular weight excluding hydrogens is 256 g/mol. The number of anilines is 1. The third kappa shape index (κ3) is 3.03. The van der Waals surface area contributed by atoms with Crippen LogP contribution in [0.4, 0.5) is 5.82 Å². The molecule has 1 aliphatic carbocycles. The van der Waals surface area contributed by atoms with Gasteiger partial charge in [0.05, 0.1) is 5.69 Å². The summed E-state index contributed by atoms with van der Waals surface area (Å²) in [5.74, 6) is 1.90. The molecule has 5 heteroatoms. The Balaban J connectivity index is 1.77. The molecule has 4 nitrogen and oxygen atoms in total. The van der Waals surface area contributed by atoms with Crippen molar-refractivity contribution in [2.75, 3.05) is 24.7 Å². The Morgan fingerprint density at radius 1 is 1.32 bits per heavy atom. The number of hydrogen-bond acceptors (Lipinski definition) is 5. The summed E-state index contributed by atoms with van der Waals surface area (Å²) >= 11 is 1.63. The standard InChI is InChI=1S/C14H22N4S/c1-19-14-17-12-6-7-15-9-11(12)13(18-14)16-8-10-4-2-3-5-10/h10,15H,2-9H2,1H3,(H,16,17,18). The van der Waals surface area contributed by atoms with Gasteiger partial charge in [0, 0.05) is 31.6 Å². The van der Waals surface area contributed by atoms with Crippen molar-refractivity contribution in [2.45, 2.75) is 43.8 Å². The minimum absolute atomic E-state index is 0.833. The highest BCUT2D eigenvalue weighted by atomic mass is 32.2. The highest BCUT2D eigenvalue weighted by Crippen LogP contribution is 2.27. The van der Waals surface area contributed by atoms with Gasteiger partial charge >= 0.3 is 0 Å². The summed E-state index contributed by atoms with van der Waals surface area (Å²) in [4.78, 5) is 9.31. The van der Waals surface area contributed by atoms with E-state index < -0.39 is 0 Å². The van der Waals surface area contributed by atoms with Crippen molar-refractivity contribution in [2.24, 2.45) is 5.92 Å². The van der Waals surface area contributed by atoms with Crippen molar-refractivity contribution >= 4 is 17.6 Å². The van der Waals surface area contributed by atoms with Gasteiger partial charge in [0.2, 0.25) is 0 Å². The predicted molar refractivity (Wildman–Crippen MR) is 79.7 cm³/mol. The minimum Gasteiger partial charge on any atom is -0.369 e. The van der Waals surface area contributed by atoms with Crippen LogP contribution in [0.5, 0.6) is 0 Å². The first-order chi connectivity index (χ1) is 9.36. The van der Waals surface area contributed by atoms with Crippen LogP contribution in [0.1, 0.15) is 36.9 Å². The molecule has 0 spiro atoms. The number of nitrogens with one attached hydrogen (secondary N) is 2. The summed E-state index contributed by atoms with van der Waals surface area (Å²) in [5, 5.41) is 7.90. The number of nitrogens with zero attached hydrogens (tertiary/aromatic N) is 2. The van der Waals surface area contributed by atoms with Gasteiger partial charge < -0.3 is 10.6 Å². The number of aromatic nitrogens is 2. The van der Waals surface area contributed by atoms with Gasteiger partial charge in [-0.15, -0.1) is 0 Å². The van der Waals surface area contributed by atoms with E-state index in [4.69, 9.17) is 0 Å². The minimum atomic E-state index is 0.833. The second-order valence-corrected chi connectivity index (χ2v) is 6.22. The Morgan fingerprint density at radius 3 is 2.95 bits per heavy atom. The zero-order valence-electron chi connectivity index (χ0n) is 11.5. The van der Waals surface area contributed by atoms with Crippen molar-refractivity contribution in [1.29, 1.82) is 0 Å². The van der Waals surface area contributed by atoms with E-state index in [2.05, 4.69) is 20.6 Å². The Labute approximate surface area is 119 Å². The van der Waals surface area contributed by atoms with Gasteiger partial charge in [-0.2, -0.15) is 0 Å². The fourth-order valence-electron chi connectivity index (χ4n) is 3.01. The molecule has 19 heavy (non-hydrogen) atoms. The molecule has 2 N–H and O–H groups in total. The van der Waals surface area contributed by atoms with Gasteiger partial charge in [0.1, 0.15) is 5.82 Å². The van der Waals surface area contributed by atoms with Crippen LogP contribution in [0, 0.1) is 5.92 Å². The van der Waals surface area contributed by atoms with Crippen LogP contribution in [0.2, 0.25) is 0 Å². The van der Waals surface area contributed by atoms with E-state index >= 15 is 0 Å². The van der Waals surface area contributed by atoms with Gasteiger partial charge in [-0.25, -0.2) is 9.97 Å². The lowest BCUT2D eigenvalue weighted by Gasteiger charge is -2.21. The fraction of sp³-hybridized carbons (Fsp3) is 0.714. The molecule has 0 amide bonds. The Morgan fingerprint density at radius 2 is 2.16 bits per heavy atom. The summed E-state index contributed by atoms with van der Waals surface area (Å²) in [5.41, 5.74) is 2.51. The number of rotatable bonds is 4. The van der Waals surface area contributed by atoms with Gasteiger partial charge in [-0.05, 0) is 25.0 Å². The SMILES string of the molecule is CSc1nc2c(c(NCC3CCCC3)n1)CNCC2. The fourth-order valence-corrected chi connectivity index (χ4v) is 3.40. The second-order valence-electron chi connectivity index (χ2n) is 5.44. The molecule has 0 saturated heterocycles. The smallest absolute Gasteiger partial charge is 0.189 e. The normalized spacial score (nSPS) is 19.4. The monoisotopic (exact) mass is 278 g/mol. The molecule has 3 rings (SSSR count). The Bertz CT molecular complexity index is 443. The maximum Gasteiger partial charge on any atom is 0.189 e. The summed E-state index contributed by atoms with van der Waals surface area (Å²) in [6.07, 6.45) is 8.59. The quantitative estimate of drug-likeness (QED) is 0.654. The summed E-state index contributed by atoms with van der Waals surface area (Å²) in [7, 11) is 0. The summed E-state index contributed by atoms with van der Waals surface area (Å²) in [6, 6.07) is 0. The van der Waals surface area contributed by atoms with Crippen molar-refractivity contribution in [3.05, 3.63) is 11.3 Å². The predicted octanol–water partition coefficient (Wildman–Crippen LogP) is 2.45. The molecular formula is C14H22N4S. The largest absolute Gasteiger partial charge is 0.369 e. The molecule has 1 saturated carbocycles. The molecule has 0 bridgehead atoms. The van der Waals surface area contributed by atoms with Gasteiger partial charge in [-0.1, -0.05) is 24.6 Å². The lowest BCUT2D eigenvalue weighted by Crippen LogP contribution is -2.27. The molecule has 0 unspecified atom stereocenters. The molecule has 2 aliphatic rings. The van der Waals surface area contributed by atoms with E-state index in [9.17, 15) is 0 Å². The second kappa shape index (κ2) is 6.09. The van der Waals surface area contributed by atoms with Crippen molar-refractivity contribution < 1.29 is 0 Å². The van der Waals surface area contributed by atoms with E-state index in [1.54, 1.807) is 11.8 Å². The number of fused-ring (bicyclic) bond motifs is 1. The molecule has 1 aliphatic heterocycles. The summed E-state index contributed by atoms with van der Waals surface area (Å²) in [6.45, 7) is 2.99. The number of thioether (sulfide) groups is 1. The van der Waals surface area contributed by atoms with E-state index in [1.165, 1.54) is 36.9 Å². The molecule has 104 valence electrons. The zero-order chi connectivity index (χ0) is 13.1. The van der Waals surface area contributed by atoms with Crippen LogP contribution in [-0.2, 0) is 13.0 Å². The lowest BCUT2D eigenvalue weighted by atomic mass is 10.1. The van der Waals surface area contributed by atoms with E-state index in [0.29, 0.717) is 0 Å². The summed E-state index contributed by atoms with van der Waals surface area (Å²) < 4.78 is 0. The van der Waals surface area contributed by atoms with Crippen LogP contribution in [0.3, 0.4) is 0 Å². The van der Waals surface area contributed by atoms with E-state index in [-0.39, 0.29) is 0 Å². The maximum absolute atomic E-state index is 4.67. The topological polar surface area (TPSA) is 49.8 Å². The van der Waals surface area contributed by atoms with E-state index in [0.717, 1.165) is 42.9 Å². The zero-order valence-corrected chi connectivity index (χ0v) is 12.4. The van der Waals surface area contributed by atoms with E-state index in [1.807, 2.05) is 6.26 Å². The third-order valence-electron chi connectivity index (χ3n) is 4.13. The Kier molecular flexibility index (Phi) is 4.23. The van der Waals surface area contributed by atoms with Crippen molar-refractivity contribution in [3.8, 4) is 0 Å². The molecule has 2 heterocycles. The molecule has 0 atom stereocenters. The Hall–Kier alpha value is -0.810. The average molecular weight is 278 g/mol. The maximum atomic E-state index is 4.67. The molecule has 1 aromatic heterocycles. The average Bonchev–Trinajstić information content (AvgIpc) is 2.97. The lowest BCUT2D eigenvalue weighted by molar-refractivity contribution is 0.573. The van der Waals surface area contributed by atoms with Gasteiger partial charge in [-0.3, -0.25) is 0 Å². The molecule has 0 aromatic carbocycles. The molecule has 1 fully saturated rings. The van der Waals surface area contributed by atoms with Gasteiger partial charge in [0.15, 0.2) is 5.16 Å². The van der Waals surface area contributed by atoms with Crippen LogP contribution < -0.4 is 10.6 Å². The third-order valence-corrected chi connectivity index (χ3v) is 4.68. The first-order valence-corrected chi connectivity index (χ1v) is 8.47. The first-order valence-electron chi connectivity index (χ1n) is 7.25.